The molecule has 0 amide bonds. The standard InChI is InChI=1S/C6H2Cl2F8N2/c7-1(5(13,14)3(9)10)17-18-2(8)6(15,16)4(11)12/h3-4H/b17-1-,18-2-. The average molecular weight is 325 g/mol. The molecule has 0 radical (unpaired) electrons. The molecule has 18 heavy (non-hydrogen) atoms. The van der Waals surface area contributed by atoms with Crippen molar-refractivity contribution in [2.75, 3.05) is 0 Å². The molecule has 12 heteroatoms. The highest BCUT2D eigenvalue weighted by Crippen LogP contribution is 2.29. The van der Waals surface area contributed by atoms with Crippen molar-refractivity contribution in [1.82, 2.24) is 0 Å². The van der Waals surface area contributed by atoms with E-state index in [9.17, 15) is 35.1 Å². The molecule has 0 rings (SSSR count). The van der Waals surface area contributed by atoms with Crippen LogP contribution in [0.2, 0.25) is 0 Å². The van der Waals surface area contributed by atoms with Gasteiger partial charge in [-0.15, -0.1) is 10.2 Å². The topological polar surface area (TPSA) is 24.7 Å². The summed E-state index contributed by atoms with van der Waals surface area (Å²) in [6, 6.07) is 0. The molecule has 0 fully saturated rings. The minimum absolute atomic E-state index is 2.06. The third-order valence-corrected chi connectivity index (χ3v) is 1.98. The maximum Gasteiger partial charge on any atom is 0.361 e. The maximum atomic E-state index is 12.4. The highest BCUT2D eigenvalue weighted by Gasteiger charge is 2.48. The van der Waals surface area contributed by atoms with Gasteiger partial charge >= 0.3 is 24.7 Å². The Labute approximate surface area is 104 Å². The summed E-state index contributed by atoms with van der Waals surface area (Å²) >= 11 is 9.13. The Hall–Kier alpha value is -0.640. The van der Waals surface area contributed by atoms with Gasteiger partial charge in [-0.2, -0.15) is 17.6 Å². The SMILES string of the molecule is FC(F)C(F)(F)/C(Cl)=N/N=C(\Cl)C(F)(F)C(F)F. The molecule has 0 saturated carbocycles. The highest BCUT2D eigenvalue weighted by molar-refractivity contribution is 6.68. The summed E-state index contributed by atoms with van der Waals surface area (Å²) in [5.41, 5.74) is 0. The number of nitrogens with zero attached hydrogens (tertiary/aromatic N) is 2. The summed E-state index contributed by atoms with van der Waals surface area (Å²) in [5, 5.41) is -0.211. The Balaban J connectivity index is 5.14. The Morgan fingerprint density at radius 3 is 1.11 bits per heavy atom. The number of hydrogen-bond acceptors (Lipinski definition) is 2. The van der Waals surface area contributed by atoms with E-state index >= 15 is 0 Å². The second-order valence-electron chi connectivity index (χ2n) is 2.63. The molecule has 0 N–H and O–H groups in total. The van der Waals surface area contributed by atoms with Crippen LogP contribution in [0.15, 0.2) is 10.2 Å². The zero-order valence-electron chi connectivity index (χ0n) is 7.83. The average Bonchev–Trinajstić information content (AvgIpc) is 2.24. The molecule has 0 aromatic heterocycles. The molecular weight excluding hydrogens is 323 g/mol. The highest BCUT2D eigenvalue weighted by atomic mass is 35.5. The van der Waals surface area contributed by atoms with Crippen molar-refractivity contribution in [3.63, 3.8) is 0 Å². The quantitative estimate of drug-likeness (QED) is 0.415. The minimum Gasteiger partial charge on any atom is -0.203 e. The molecule has 0 unspecified atom stereocenters. The third-order valence-electron chi connectivity index (χ3n) is 1.32. The molecule has 0 aliphatic rings. The maximum absolute atomic E-state index is 12.4. The van der Waals surface area contributed by atoms with E-state index < -0.39 is 35.0 Å². The molecule has 0 aromatic carbocycles. The molecule has 0 heterocycles. The van der Waals surface area contributed by atoms with Gasteiger partial charge in [-0.3, -0.25) is 0 Å². The molecule has 0 bridgehead atoms. The van der Waals surface area contributed by atoms with Crippen molar-refractivity contribution < 1.29 is 35.1 Å². The number of rotatable bonds is 5. The van der Waals surface area contributed by atoms with Crippen molar-refractivity contribution in [1.29, 1.82) is 0 Å². The fourth-order valence-corrected chi connectivity index (χ4v) is 0.642. The minimum atomic E-state index is -4.96. The lowest BCUT2D eigenvalue weighted by molar-refractivity contribution is -0.0740. The first-order valence-electron chi connectivity index (χ1n) is 3.73. The molecular formula is C6H2Cl2F8N2. The first-order valence-corrected chi connectivity index (χ1v) is 4.49. The van der Waals surface area contributed by atoms with Crippen molar-refractivity contribution >= 4 is 33.5 Å². The molecule has 0 saturated heterocycles. The molecule has 2 nitrogen and oxygen atoms in total. The van der Waals surface area contributed by atoms with Gasteiger partial charge in [0.15, 0.2) is 0 Å². The van der Waals surface area contributed by atoms with E-state index in [0.717, 1.165) is 0 Å². The molecule has 0 atom stereocenters. The van der Waals surface area contributed by atoms with Crippen LogP contribution in [0, 0.1) is 0 Å². The lowest BCUT2D eigenvalue weighted by Gasteiger charge is -2.13. The van der Waals surface area contributed by atoms with Crippen LogP contribution >= 0.6 is 23.2 Å². The lowest BCUT2D eigenvalue weighted by atomic mass is 10.4. The fraction of sp³-hybridized carbons (Fsp3) is 0.667. The van der Waals surface area contributed by atoms with Gasteiger partial charge in [0, 0.05) is 0 Å². The van der Waals surface area contributed by atoms with Crippen LogP contribution in [0.3, 0.4) is 0 Å². The molecule has 0 aromatic rings. The number of halogens is 10. The van der Waals surface area contributed by atoms with Crippen LogP contribution in [0.25, 0.3) is 0 Å². The van der Waals surface area contributed by atoms with Crippen LogP contribution in [0.5, 0.6) is 0 Å². The summed E-state index contributed by atoms with van der Waals surface area (Å²) in [5.74, 6) is -9.91. The van der Waals surface area contributed by atoms with Gasteiger partial charge in [-0.25, -0.2) is 17.6 Å². The Kier molecular flexibility index (Phi) is 5.79. The zero-order chi connectivity index (χ0) is 14.7. The van der Waals surface area contributed by atoms with Gasteiger partial charge in [-0.1, -0.05) is 23.2 Å². The van der Waals surface area contributed by atoms with Crippen LogP contribution in [0.4, 0.5) is 35.1 Å². The van der Waals surface area contributed by atoms with Gasteiger partial charge in [-0.05, 0) is 0 Å². The second kappa shape index (κ2) is 6.00. The normalized spacial score (nSPS) is 15.8. The van der Waals surface area contributed by atoms with E-state index in [2.05, 4.69) is 33.4 Å². The van der Waals surface area contributed by atoms with E-state index in [1.54, 1.807) is 0 Å². The van der Waals surface area contributed by atoms with E-state index in [1.165, 1.54) is 0 Å². The Morgan fingerprint density at radius 2 is 0.944 bits per heavy atom. The molecule has 0 aliphatic carbocycles. The van der Waals surface area contributed by atoms with Crippen molar-refractivity contribution in [2.24, 2.45) is 10.2 Å². The van der Waals surface area contributed by atoms with Crippen molar-refractivity contribution in [2.45, 2.75) is 24.7 Å². The summed E-state index contributed by atoms with van der Waals surface area (Å²) < 4.78 is 96.3. The predicted molar refractivity (Wildman–Crippen MR) is 48.5 cm³/mol. The predicted octanol–water partition coefficient (Wildman–Crippen LogP) is 3.98. The summed E-state index contributed by atoms with van der Waals surface area (Å²) in [6.45, 7) is 0. The van der Waals surface area contributed by atoms with Crippen molar-refractivity contribution in [3.8, 4) is 0 Å². The molecule has 0 aliphatic heterocycles. The molecule has 106 valence electrons. The van der Waals surface area contributed by atoms with E-state index in [1.807, 2.05) is 0 Å². The van der Waals surface area contributed by atoms with Crippen LogP contribution in [0.1, 0.15) is 0 Å². The van der Waals surface area contributed by atoms with E-state index in [4.69, 9.17) is 0 Å². The summed E-state index contributed by atoms with van der Waals surface area (Å²) in [6.07, 6.45) is -8.56. The zero-order valence-corrected chi connectivity index (χ0v) is 9.34. The van der Waals surface area contributed by atoms with Gasteiger partial charge in [0.25, 0.3) is 0 Å². The molecule has 0 spiro atoms. The lowest BCUT2D eigenvalue weighted by Crippen LogP contribution is -2.34. The summed E-state index contributed by atoms with van der Waals surface area (Å²) in [7, 11) is 0. The number of alkyl halides is 8. The Bertz CT molecular complexity index is 319. The van der Waals surface area contributed by atoms with Gasteiger partial charge in [0.1, 0.15) is 0 Å². The first-order chi connectivity index (χ1) is 7.94. The summed E-state index contributed by atoms with van der Waals surface area (Å²) in [4.78, 5) is 0. The first kappa shape index (κ1) is 17.4. The largest absolute Gasteiger partial charge is 0.361 e. The van der Waals surface area contributed by atoms with Crippen LogP contribution in [-0.2, 0) is 0 Å². The number of hydrogen-bond donors (Lipinski definition) is 0. The third kappa shape index (κ3) is 3.94. The van der Waals surface area contributed by atoms with Gasteiger partial charge < -0.3 is 0 Å². The second-order valence-corrected chi connectivity index (χ2v) is 3.34. The van der Waals surface area contributed by atoms with Crippen LogP contribution < -0.4 is 0 Å². The van der Waals surface area contributed by atoms with E-state index in [-0.39, 0.29) is 0 Å². The Morgan fingerprint density at radius 1 is 0.722 bits per heavy atom. The monoisotopic (exact) mass is 324 g/mol. The smallest absolute Gasteiger partial charge is 0.203 e. The van der Waals surface area contributed by atoms with Crippen molar-refractivity contribution in [3.05, 3.63) is 0 Å². The van der Waals surface area contributed by atoms with Gasteiger partial charge in [0.2, 0.25) is 10.3 Å². The van der Waals surface area contributed by atoms with Gasteiger partial charge in [0.05, 0.1) is 0 Å². The van der Waals surface area contributed by atoms with Crippen LogP contribution in [-0.4, -0.2) is 35.0 Å². The van der Waals surface area contributed by atoms with E-state index in [0.29, 0.717) is 0 Å². The fourth-order valence-electron chi connectivity index (χ4n) is 0.401.